The second kappa shape index (κ2) is 5.55. The summed E-state index contributed by atoms with van der Waals surface area (Å²) in [6.07, 6.45) is -0.947. The van der Waals surface area contributed by atoms with E-state index in [-0.39, 0.29) is 5.92 Å². The van der Waals surface area contributed by atoms with Crippen LogP contribution in [0.5, 0.6) is 0 Å². The van der Waals surface area contributed by atoms with Gasteiger partial charge in [-0.2, -0.15) is 0 Å². The van der Waals surface area contributed by atoms with Gasteiger partial charge in [-0.25, -0.2) is 9.59 Å². The van der Waals surface area contributed by atoms with Gasteiger partial charge in [-0.3, -0.25) is 0 Å². The third-order valence-corrected chi connectivity index (χ3v) is 2.33. The van der Waals surface area contributed by atoms with Crippen molar-refractivity contribution < 1.29 is 28.9 Å². The molecule has 0 aromatic rings. The number of rotatable bonds is 3. The zero-order valence-electron chi connectivity index (χ0n) is 8.47. The monoisotopic (exact) mass is 218 g/mol. The van der Waals surface area contributed by atoms with E-state index in [1.54, 1.807) is 0 Å². The normalized spacial score (nSPS) is 19.3. The number of carbonyl (C=O) groups excluding carboxylic acids is 1. The fourth-order valence-electron chi connectivity index (χ4n) is 1.52. The molecule has 1 heterocycles. The van der Waals surface area contributed by atoms with E-state index < -0.39 is 18.2 Å². The van der Waals surface area contributed by atoms with Crippen LogP contribution in [0.2, 0.25) is 0 Å². The lowest BCUT2D eigenvalue weighted by molar-refractivity contribution is -0.153. The zero-order chi connectivity index (χ0) is 11.3. The summed E-state index contributed by atoms with van der Waals surface area (Å²) in [5.41, 5.74) is 0. The summed E-state index contributed by atoms with van der Waals surface area (Å²) in [7, 11) is 1.14. The molecule has 0 aromatic carbocycles. The van der Waals surface area contributed by atoms with E-state index >= 15 is 0 Å². The lowest BCUT2D eigenvalue weighted by atomic mass is 9.94. The number of hydrogen-bond acceptors (Lipinski definition) is 5. The van der Waals surface area contributed by atoms with Crippen LogP contribution >= 0.6 is 0 Å². The van der Waals surface area contributed by atoms with Crippen molar-refractivity contribution in [1.82, 2.24) is 0 Å². The Morgan fingerprint density at radius 3 is 2.47 bits per heavy atom. The predicted octanol–water partition coefficient (Wildman–Crippen LogP) is 0.649. The van der Waals surface area contributed by atoms with E-state index in [0.29, 0.717) is 26.1 Å². The van der Waals surface area contributed by atoms with Crippen LogP contribution in [0.15, 0.2) is 0 Å². The van der Waals surface area contributed by atoms with Crippen molar-refractivity contribution in [3.63, 3.8) is 0 Å². The average molecular weight is 218 g/mol. The molecule has 0 bridgehead atoms. The molecule has 1 rings (SSSR count). The molecule has 0 aromatic heterocycles. The predicted molar refractivity (Wildman–Crippen MR) is 48.5 cm³/mol. The lowest BCUT2D eigenvalue weighted by Gasteiger charge is -2.26. The SMILES string of the molecule is COC(=O)OC(C(=O)O)C1CCOCC1. The molecule has 0 aliphatic carbocycles. The maximum Gasteiger partial charge on any atom is 0.508 e. The van der Waals surface area contributed by atoms with E-state index in [4.69, 9.17) is 9.84 Å². The smallest absolute Gasteiger partial charge is 0.478 e. The van der Waals surface area contributed by atoms with Crippen molar-refractivity contribution in [3.05, 3.63) is 0 Å². The molecule has 1 saturated heterocycles. The van der Waals surface area contributed by atoms with Crippen LogP contribution in [0.4, 0.5) is 4.79 Å². The van der Waals surface area contributed by atoms with E-state index in [2.05, 4.69) is 9.47 Å². The highest BCUT2D eigenvalue weighted by atomic mass is 16.7. The number of carboxylic acids is 1. The molecule has 6 heteroatoms. The zero-order valence-corrected chi connectivity index (χ0v) is 8.47. The van der Waals surface area contributed by atoms with E-state index in [9.17, 15) is 9.59 Å². The van der Waals surface area contributed by atoms with Crippen LogP contribution in [0.3, 0.4) is 0 Å². The minimum Gasteiger partial charge on any atom is -0.478 e. The van der Waals surface area contributed by atoms with E-state index in [1.165, 1.54) is 0 Å². The molecule has 0 amide bonds. The van der Waals surface area contributed by atoms with Gasteiger partial charge in [0.2, 0.25) is 6.10 Å². The Balaban J connectivity index is 2.55. The van der Waals surface area contributed by atoms with Gasteiger partial charge in [0.25, 0.3) is 0 Å². The van der Waals surface area contributed by atoms with Gasteiger partial charge in [0.15, 0.2) is 0 Å². The Kier molecular flexibility index (Phi) is 4.36. The molecular weight excluding hydrogens is 204 g/mol. The number of hydrogen-bond donors (Lipinski definition) is 1. The Hall–Kier alpha value is -1.30. The van der Waals surface area contributed by atoms with Crippen LogP contribution in [0.25, 0.3) is 0 Å². The first-order valence-corrected chi connectivity index (χ1v) is 4.70. The van der Waals surface area contributed by atoms with Gasteiger partial charge in [-0.1, -0.05) is 0 Å². The second-order valence-corrected chi connectivity index (χ2v) is 3.28. The molecule has 15 heavy (non-hydrogen) atoms. The number of ether oxygens (including phenoxy) is 3. The van der Waals surface area contributed by atoms with Crippen molar-refractivity contribution >= 4 is 12.1 Å². The minimum atomic E-state index is -1.15. The van der Waals surface area contributed by atoms with E-state index in [1.807, 2.05) is 0 Å². The standard InChI is InChI=1S/C9H14O6/c1-13-9(12)15-7(8(10)11)6-2-4-14-5-3-6/h6-7H,2-5H2,1H3,(H,10,11). The lowest BCUT2D eigenvalue weighted by Crippen LogP contribution is -2.37. The third kappa shape index (κ3) is 3.39. The molecule has 1 N–H and O–H groups in total. The number of methoxy groups -OCH3 is 1. The highest BCUT2D eigenvalue weighted by Crippen LogP contribution is 2.21. The van der Waals surface area contributed by atoms with Gasteiger partial charge >= 0.3 is 12.1 Å². The molecule has 1 aliphatic heterocycles. The molecule has 0 spiro atoms. The van der Waals surface area contributed by atoms with Gasteiger partial charge in [-0.15, -0.1) is 0 Å². The first kappa shape index (κ1) is 11.8. The fraction of sp³-hybridized carbons (Fsp3) is 0.778. The van der Waals surface area contributed by atoms with Crippen molar-refractivity contribution in [1.29, 1.82) is 0 Å². The van der Waals surface area contributed by atoms with Crippen LogP contribution in [-0.2, 0) is 19.0 Å². The average Bonchev–Trinajstić information content (AvgIpc) is 2.26. The molecule has 1 unspecified atom stereocenters. The Morgan fingerprint density at radius 2 is 2.00 bits per heavy atom. The first-order valence-electron chi connectivity index (χ1n) is 4.70. The van der Waals surface area contributed by atoms with Gasteiger partial charge in [-0.05, 0) is 12.8 Å². The Morgan fingerprint density at radius 1 is 1.40 bits per heavy atom. The summed E-state index contributed by atoms with van der Waals surface area (Å²) in [5, 5.41) is 8.90. The number of aliphatic carboxylic acids is 1. The molecule has 86 valence electrons. The highest BCUT2D eigenvalue weighted by Gasteiger charge is 2.33. The van der Waals surface area contributed by atoms with Gasteiger partial charge in [0.1, 0.15) is 0 Å². The van der Waals surface area contributed by atoms with Crippen LogP contribution in [-0.4, -0.2) is 43.7 Å². The summed E-state index contributed by atoms with van der Waals surface area (Å²) in [6.45, 7) is 0.998. The van der Waals surface area contributed by atoms with Gasteiger partial charge in [0, 0.05) is 19.1 Å². The quantitative estimate of drug-likeness (QED) is 0.700. The molecule has 1 aliphatic rings. The van der Waals surface area contributed by atoms with Crippen LogP contribution < -0.4 is 0 Å². The molecule has 0 radical (unpaired) electrons. The minimum absolute atomic E-state index is 0.199. The summed E-state index contributed by atoms with van der Waals surface area (Å²) in [6, 6.07) is 0. The van der Waals surface area contributed by atoms with E-state index in [0.717, 1.165) is 7.11 Å². The second-order valence-electron chi connectivity index (χ2n) is 3.28. The summed E-state index contributed by atoms with van der Waals surface area (Å²) >= 11 is 0. The topological polar surface area (TPSA) is 82.1 Å². The number of carboxylic acid groups (broad SMARTS) is 1. The molecule has 1 fully saturated rings. The van der Waals surface area contributed by atoms with Crippen LogP contribution in [0.1, 0.15) is 12.8 Å². The summed E-state index contributed by atoms with van der Waals surface area (Å²) in [5.74, 6) is -1.34. The maximum absolute atomic E-state index is 10.9. The Labute approximate surface area is 87.1 Å². The maximum atomic E-state index is 10.9. The third-order valence-electron chi connectivity index (χ3n) is 2.33. The molecule has 0 saturated carbocycles. The summed E-state index contributed by atoms with van der Waals surface area (Å²) < 4.78 is 14.0. The summed E-state index contributed by atoms with van der Waals surface area (Å²) in [4.78, 5) is 21.7. The van der Waals surface area contributed by atoms with Crippen molar-refractivity contribution in [2.45, 2.75) is 18.9 Å². The van der Waals surface area contributed by atoms with Crippen molar-refractivity contribution in [2.24, 2.45) is 5.92 Å². The largest absolute Gasteiger partial charge is 0.508 e. The molecule has 1 atom stereocenters. The molecule has 6 nitrogen and oxygen atoms in total. The number of carbonyl (C=O) groups is 2. The van der Waals surface area contributed by atoms with Crippen molar-refractivity contribution in [3.8, 4) is 0 Å². The Bertz CT molecular complexity index is 233. The van der Waals surface area contributed by atoms with Crippen molar-refractivity contribution in [2.75, 3.05) is 20.3 Å². The first-order chi connectivity index (χ1) is 7.15. The van der Waals surface area contributed by atoms with Crippen LogP contribution in [0, 0.1) is 5.92 Å². The van der Waals surface area contributed by atoms with Gasteiger partial charge in [0.05, 0.1) is 7.11 Å². The fourth-order valence-corrected chi connectivity index (χ4v) is 1.52. The molecular formula is C9H14O6. The van der Waals surface area contributed by atoms with Gasteiger partial charge < -0.3 is 19.3 Å². The highest BCUT2D eigenvalue weighted by molar-refractivity contribution is 5.75.